The van der Waals surface area contributed by atoms with E-state index in [1.165, 1.54) is 19.1 Å². The molecule has 0 aliphatic heterocycles. The Bertz CT molecular complexity index is 722. The molecule has 8 nitrogen and oxygen atoms in total. The lowest BCUT2D eigenvalue weighted by Gasteiger charge is -2.08. The molecule has 0 bridgehead atoms. The normalized spacial score (nSPS) is 11.6. The first kappa shape index (κ1) is 17.0. The van der Waals surface area contributed by atoms with E-state index in [1.807, 2.05) is 0 Å². The topological polar surface area (TPSA) is 132 Å². The summed E-state index contributed by atoms with van der Waals surface area (Å²) in [5.74, 6) is -0.343. The highest BCUT2D eigenvalue weighted by Crippen LogP contribution is 2.28. The molecule has 0 unspecified atom stereocenters. The molecule has 0 saturated heterocycles. The minimum atomic E-state index is -4.49. The van der Waals surface area contributed by atoms with Crippen molar-refractivity contribution in [3.05, 3.63) is 18.2 Å². The molecule has 0 fully saturated rings. The number of nitrogens with zero attached hydrogens (tertiary/aromatic N) is 2. The van der Waals surface area contributed by atoms with Gasteiger partial charge in [0.15, 0.2) is 11.4 Å². The fourth-order valence-electron chi connectivity index (χ4n) is 1.39. The summed E-state index contributed by atoms with van der Waals surface area (Å²) in [6, 6.07) is 3.71. The number of thioether (sulfide) groups is 1. The van der Waals surface area contributed by atoms with Crippen molar-refractivity contribution >= 4 is 44.3 Å². The number of carbonyl (C=O) groups excluding carboxylic acids is 1. The number of benzene rings is 1. The van der Waals surface area contributed by atoms with E-state index in [0.29, 0.717) is 5.69 Å². The Morgan fingerprint density at radius 1 is 1.48 bits per heavy atom. The van der Waals surface area contributed by atoms with Gasteiger partial charge in [0.25, 0.3) is 10.1 Å². The molecule has 112 valence electrons. The Hall–Kier alpha value is -2.09. The second-order valence-corrected chi connectivity index (χ2v) is 5.88. The summed E-state index contributed by atoms with van der Waals surface area (Å²) < 4.78 is 31.8. The number of amidine groups is 1. The summed E-state index contributed by atoms with van der Waals surface area (Å²) in [7, 11) is -4.49. The van der Waals surface area contributed by atoms with Crippen LogP contribution in [0, 0.1) is 11.5 Å². The van der Waals surface area contributed by atoms with Gasteiger partial charge in [0.05, 0.1) is 5.69 Å². The lowest BCUT2D eigenvalue weighted by atomic mass is 10.3. The first-order valence-corrected chi connectivity index (χ1v) is 8.11. The second-order valence-electron chi connectivity index (χ2n) is 3.70. The van der Waals surface area contributed by atoms with Crippen molar-refractivity contribution in [2.75, 3.05) is 11.6 Å². The van der Waals surface area contributed by atoms with Crippen LogP contribution >= 0.6 is 11.8 Å². The zero-order chi connectivity index (χ0) is 16.0. The first-order chi connectivity index (χ1) is 9.77. The molecule has 0 aliphatic carbocycles. The van der Waals surface area contributed by atoms with Crippen molar-refractivity contribution in [2.45, 2.75) is 11.8 Å². The first-order valence-electron chi connectivity index (χ1n) is 5.45. The number of nitriles is 1. The molecule has 0 saturated carbocycles. The van der Waals surface area contributed by atoms with Gasteiger partial charge >= 0.3 is 0 Å². The third kappa shape index (κ3) is 5.07. The molecule has 0 atom stereocenters. The zero-order valence-electron chi connectivity index (χ0n) is 11.1. The summed E-state index contributed by atoms with van der Waals surface area (Å²) >= 11 is 1.08. The van der Waals surface area contributed by atoms with Crippen LogP contribution in [0.2, 0.25) is 0 Å². The lowest BCUT2D eigenvalue weighted by Crippen LogP contribution is -2.13. The Balaban J connectivity index is 3.42. The van der Waals surface area contributed by atoms with Crippen LogP contribution in [0.3, 0.4) is 0 Å². The molecule has 0 radical (unpaired) electrons. The maximum absolute atomic E-state index is 11.3. The highest BCUT2D eigenvalue weighted by molar-refractivity contribution is 8.13. The molecule has 0 aliphatic rings. The smallest absolute Gasteiger partial charge is 0.296 e. The fraction of sp³-hybridized carbons (Fsp3) is 0.182. The van der Waals surface area contributed by atoms with Gasteiger partial charge in [-0.05, 0) is 24.5 Å². The number of nitrogens with one attached hydrogen (secondary N) is 2. The average molecular weight is 328 g/mol. The summed E-state index contributed by atoms with van der Waals surface area (Å²) in [6.07, 6.45) is 3.29. The van der Waals surface area contributed by atoms with Crippen LogP contribution in [0.15, 0.2) is 28.1 Å². The highest BCUT2D eigenvalue weighted by atomic mass is 32.2. The van der Waals surface area contributed by atoms with Gasteiger partial charge < -0.3 is 5.32 Å². The Kier molecular flexibility index (Phi) is 5.71. The molecule has 3 N–H and O–H groups in total. The molecule has 0 spiro atoms. The summed E-state index contributed by atoms with van der Waals surface area (Å²) in [5.41, 5.74) is 0.210. The largest absolute Gasteiger partial charge is 0.326 e. The van der Waals surface area contributed by atoms with Crippen molar-refractivity contribution in [2.24, 2.45) is 4.99 Å². The van der Waals surface area contributed by atoms with Gasteiger partial charge in [0, 0.05) is 12.6 Å². The maximum atomic E-state index is 11.3. The molecule has 0 heterocycles. The van der Waals surface area contributed by atoms with Crippen LogP contribution in [0.25, 0.3) is 0 Å². The minimum absolute atomic E-state index is 0.101. The van der Waals surface area contributed by atoms with E-state index < -0.39 is 15.0 Å². The quantitative estimate of drug-likeness (QED) is 0.250. The number of amides is 1. The SMILES string of the molecule is CSC(=Nc1cc(NC(C)=O)ccc1S(=O)(=O)O)NC#N. The summed E-state index contributed by atoms with van der Waals surface area (Å²) in [5, 5.41) is 13.5. The van der Waals surface area contributed by atoms with Crippen LogP contribution < -0.4 is 10.6 Å². The standard InChI is InChI=1S/C11H12N4O4S2/c1-7(16)14-8-3-4-10(21(17,18)19)9(5-8)15-11(20-2)13-6-12/h3-5H,1-2H3,(H,13,15)(H,14,16)(H,17,18,19). The summed E-state index contributed by atoms with van der Waals surface area (Å²) in [4.78, 5) is 14.5. The van der Waals surface area contributed by atoms with E-state index >= 15 is 0 Å². The third-order valence-corrected chi connectivity index (χ3v) is 3.62. The van der Waals surface area contributed by atoms with E-state index in [-0.39, 0.29) is 16.8 Å². The van der Waals surface area contributed by atoms with Crippen molar-refractivity contribution in [3.8, 4) is 6.19 Å². The minimum Gasteiger partial charge on any atom is -0.326 e. The van der Waals surface area contributed by atoms with Crippen molar-refractivity contribution in [1.29, 1.82) is 5.26 Å². The zero-order valence-corrected chi connectivity index (χ0v) is 12.7. The van der Waals surface area contributed by atoms with E-state index in [0.717, 1.165) is 17.8 Å². The van der Waals surface area contributed by atoms with E-state index in [2.05, 4.69) is 15.6 Å². The number of hydrogen-bond donors (Lipinski definition) is 3. The van der Waals surface area contributed by atoms with Gasteiger partial charge in [-0.15, -0.1) is 0 Å². The molecule has 1 aromatic rings. The molecule has 1 aromatic carbocycles. The number of carbonyl (C=O) groups is 1. The van der Waals surface area contributed by atoms with Gasteiger partial charge in [-0.3, -0.25) is 14.7 Å². The number of rotatable bonds is 3. The monoisotopic (exact) mass is 328 g/mol. The molecule has 1 amide bonds. The van der Waals surface area contributed by atoms with E-state index in [4.69, 9.17) is 5.26 Å². The highest BCUT2D eigenvalue weighted by Gasteiger charge is 2.16. The summed E-state index contributed by atoms with van der Waals surface area (Å²) in [6.45, 7) is 1.30. The van der Waals surface area contributed by atoms with Crippen molar-refractivity contribution in [1.82, 2.24) is 5.32 Å². The predicted molar refractivity (Wildman–Crippen MR) is 79.9 cm³/mol. The van der Waals surface area contributed by atoms with Crippen LogP contribution in [0.1, 0.15) is 6.92 Å². The van der Waals surface area contributed by atoms with E-state index in [1.54, 1.807) is 12.4 Å². The van der Waals surface area contributed by atoms with Crippen LogP contribution in [-0.2, 0) is 14.9 Å². The van der Waals surface area contributed by atoms with Crippen LogP contribution in [0.4, 0.5) is 11.4 Å². The Morgan fingerprint density at radius 2 is 2.14 bits per heavy atom. The van der Waals surface area contributed by atoms with Gasteiger partial charge in [0.1, 0.15) is 4.90 Å². The Morgan fingerprint density at radius 3 is 2.62 bits per heavy atom. The maximum Gasteiger partial charge on any atom is 0.296 e. The van der Waals surface area contributed by atoms with Gasteiger partial charge in [-0.2, -0.15) is 13.7 Å². The molecule has 21 heavy (non-hydrogen) atoms. The predicted octanol–water partition coefficient (Wildman–Crippen LogP) is 1.31. The van der Waals surface area contributed by atoms with E-state index in [9.17, 15) is 17.8 Å². The Labute approximate surface area is 126 Å². The van der Waals surface area contributed by atoms with Crippen molar-refractivity contribution in [3.63, 3.8) is 0 Å². The van der Waals surface area contributed by atoms with Gasteiger partial charge in [0.2, 0.25) is 5.91 Å². The molecular formula is C11H12N4O4S2. The molecule has 1 rings (SSSR count). The molecule has 10 heteroatoms. The van der Waals surface area contributed by atoms with Crippen LogP contribution in [0.5, 0.6) is 0 Å². The average Bonchev–Trinajstić information content (AvgIpc) is 2.36. The molecule has 0 aromatic heterocycles. The van der Waals surface area contributed by atoms with Gasteiger partial charge in [-0.25, -0.2) is 4.99 Å². The fourth-order valence-corrected chi connectivity index (χ4v) is 2.33. The van der Waals surface area contributed by atoms with Crippen LogP contribution in [-0.4, -0.2) is 30.3 Å². The second kappa shape index (κ2) is 7.07. The molecular weight excluding hydrogens is 316 g/mol. The number of anilines is 1. The van der Waals surface area contributed by atoms with Gasteiger partial charge in [-0.1, -0.05) is 11.8 Å². The lowest BCUT2D eigenvalue weighted by molar-refractivity contribution is -0.114. The number of aliphatic imine (C=N–C) groups is 1. The third-order valence-electron chi connectivity index (χ3n) is 2.14. The number of hydrogen-bond acceptors (Lipinski definition) is 6. The van der Waals surface area contributed by atoms with Crippen molar-refractivity contribution < 1.29 is 17.8 Å².